The average molecular weight is 295 g/mol. The molecular formula is C15H19ClN2O2. The second-order valence-corrected chi connectivity index (χ2v) is 5.61. The predicted octanol–water partition coefficient (Wildman–Crippen LogP) is 2.64. The Bertz CT molecular complexity index is 505. The molecule has 5 heteroatoms. The third kappa shape index (κ3) is 3.81. The van der Waals surface area contributed by atoms with Gasteiger partial charge in [0.1, 0.15) is 6.29 Å². The first kappa shape index (κ1) is 15.0. The molecule has 108 valence electrons. The van der Waals surface area contributed by atoms with Gasteiger partial charge in [0.15, 0.2) is 0 Å². The molecule has 1 aliphatic rings. The summed E-state index contributed by atoms with van der Waals surface area (Å²) in [6, 6.07) is 5.23. The van der Waals surface area contributed by atoms with Gasteiger partial charge in [-0.05, 0) is 50.1 Å². The van der Waals surface area contributed by atoms with Crippen molar-refractivity contribution in [2.45, 2.75) is 32.2 Å². The highest BCUT2D eigenvalue weighted by Gasteiger charge is 2.23. The molecule has 0 aromatic heterocycles. The minimum atomic E-state index is -0.124. The number of halogens is 1. The minimum Gasteiger partial charge on any atom is -0.325 e. The number of aryl methyl sites for hydroxylation is 1. The van der Waals surface area contributed by atoms with E-state index < -0.39 is 0 Å². The van der Waals surface area contributed by atoms with E-state index in [4.69, 9.17) is 11.6 Å². The van der Waals surface area contributed by atoms with E-state index in [-0.39, 0.29) is 18.5 Å². The third-order valence-corrected chi connectivity index (χ3v) is 3.87. The molecular weight excluding hydrogens is 276 g/mol. The highest BCUT2D eigenvalue weighted by molar-refractivity contribution is 6.30. The van der Waals surface area contributed by atoms with E-state index in [0.717, 1.165) is 43.3 Å². The second-order valence-electron chi connectivity index (χ2n) is 5.18. The molecule has 1 saturated heterocycles. The molecule has 20 heavy (non-hydrogen) atoms. The number of benzene rings is 1. The van der Waals surface area contributed by atoms with E-state index in [2.05, 4.69) is 5.32 Å². The number of nitrogens with one attached hydrogen (secondary N) is 1. The van der Waals surface area contributed by atoms with Gasteiger partial charge in [-0.1, -0.05) is 18.0 Å². The normalized spacial score (nSPS) is 19.6. The van der Waals surface area contributed by atoms with Gasteiger partial charge < -0.3 is 10.1 Å². The summed E-state index contributed by atoms with van der Waals surface area (Å²) in [7, 11) is 0. The van der Waals surface area contributed by atoms with Gasteiger partial charge in [0, 0.05) is 10.7 Å². The summed E-state index contributed by atoms with van der Waals surface area (Å²) in [4.78, 5) is 25.0. The van der Waals surface area contributed by atoms with E-state index >= 15 is 0 Å². The van der Waals surface area contributed by atoms with Crippen LogP contribution in [0, 0.1) is 6.92 Å². The van der Waals surface area contributed by atoms with Gasteiger partial charge in [0.2, 0.25) is 5.91 Å². The highest BCUT2D eigenvalue weighted by Crippen LogP contribution is 2.20. The molecule has 1 aromatic rings. The molecule has 1 atom stereocenters. The Labute approximate surface area is 124 Å². The molecule has 1 heterocycles. The molecule has 4 nitrogen and oxygen atoms in total. The van der Waals surface area contributed by atoms with Crippen molar-refractivity contribution in [3.05, 3.63) is 28.8 Å². The monoisotopic (exact) mass is 294 g/mol. The van der Waals surface area contributed by atoms with Crippen molar-refractivity contribution < 1.29 is 9.59 Å². The Morgan fingerprint density at radius 2 is 2.30 bits per heavy atom. The van der Waals surface area contributed by atoms with Crippen LogP contribution in [0.1, 0.15) is 24.8 Å². The van der Waals surface area contributed by atoms with Crippen molar-refractivity contribution >= 4 is 29.5 Å². The van der Waals surface area contributed by atoms with Gasteiger partial charge in [-0.25, -0.2) is 0 Å². The Morgan fingerprint density at radius 1 is 1.50 bits per heavy atom. The molecule has 0 aliphatic carbocycles. The molecule has 0 spiro atoms. The number of hydrogen-bond donors (Lipinski definition) is 1. The van der Waals surface area contributed by atoms with Gasteiger partial charge in [0.25, 0.3) is 0 Å². The number of likely N-dealkylation sites (tertiary alicyclic amines) is 1. The largest absolute Gasteiger partial charge is 0.325 e. The summed E-state index contributed by atoms with van der Waals surface area (Å²) in [6.45, 7) is 2.96. The van der Waals surface area contributed by atoms with Crippen molar-refractivity contribution in [2.24, 2.45) is 0 Å². The van der Waals surface area contributed by atoms with Crippen LogP contribution in [0.2, 0.25) is 5.02 Å². The van der Waals surface area contributed by atoms with Crippen molar-refractivity contribution in [3.8, 4) is 0 Å². The Balaban J connectivity index is 1.96. The number of aldehydes is 1. The van der Waals surface area contributed by atoms with Gasteiger partial charge >= 0.3 is 0 Å². The first-order valence-electron chi connectivity index (χ1n) is 6.85. The van der Waals surface area contributed by atoms with Crippen LogP contribution in [-0.4, -0.2) is 36.2 Å². The summed E-state index contributed by atoms with van der Waals surface area (Å²) in [5.74, 6) is -0.0934. The summed E-state index contributed by atoms with van der Waals surface area (Å²) >= 11 is 5.89. The molecule has 1 amide bonds. The number of rotatable bonds is 4. The van der Waals surface area contributed by atoms with Crippen LogP contribution in [0.15, 0.2) is 18.2 Å². The molecule has 2 rings (SSSR count). The summed E-state index contributed by atoms with van der Waals surface area (Å²) in [6.07, 6.45) is 3.88. The Kier molecular flexibility index (Phi) is 5.15. The molecule has 1 unspecified atom stereocenters. The lowest BCUT2D eigenvalue weighted by atomic mass is 10.0. The number of hydrogen-bond acceptors (Lipinski definition) is 3. The van der Waals surface area contributed by atoms with Crippen LogP contribution in [0.3, 0.4) is 0 Å². The molecule has 0 radical (unpaired) electrons. The molecule has 1 fully saturated rings. The fourth-order valence-corrected chi connectivity index (χ4v) is 2.74. The maximum atomic E-state index is 12.1. The quantitative estimate of drug-likeness (QED) is 0.869. The van der Waals surface area contributed by atoms with Crippen molar-refractivity contribution in [3.63, 3.8) is 0 Å². The summed E-state index contributed by atoms with van der Waals surface area (Å²) < 4.78 is 0. The number of carbonyl (C=O) groups excluding carboxylic acids is 2. The van der Waals surface area contributed by atoms with Gasteiger partial charge in [-0.3, -0.25) is 9.69 Å². The number of piperidine rings is 1. The van der Waals surface area contributed by atoms with Crippen molar-refractivity contribution in [1.82, 2.24) is 4.90 Å². The third-order valence-electron chi connectivity index (χ3n) is 3.63. The van der Waals surface area contributed by atoms with Gasteiger partial charge in [-0.15, -0.1) is 0 Å². The zero-order valence-corrected chi connectivity index (χ0v) is 12.3. The van der Waals surface area contributed by atoms with E-state index in [0.29, 0.717) is 5.02 Å². The van der Waals surface area contributed by atoms with Crippen LogP contribution in [0.25, 0.3) is 0 Å². The lowest BCUT2D eigenvalue weighted by Gasteiger charge is -2.31. The van der Waals surface area contributed by atoms with E-state index in [9.17, 15) is 9.59 Å². The molecule has 1 aromatic carbocycles. The first-order valence-corrected chi connectivity index (χ1v) is 7.23. The highest BCUT2D eigenvalue weighted by atomic mass is 35.5. The summed E-state index contributed by atoms with van der Waals surface area (Å²) in [5.41, 5.74) is 1.69. The summed E-state index contributed by atoms with van der Waals surface area (Å²) in [5, 5.41) is 3.52. The van der Waals surface area contributed by atoms with Crippen LogP contribution in [0.4, 0.5) is 5.69 Å². The molecule has 1 N–H and O–H groups in total. The number of carbonyl (C=O) groups is 2. The predicted molar refractivity (Wildman–Crippen MR) is 80.1 cm³/mol. The van der Waals surface area contributed by atoms with E-state index in [1.165, 1.54) is 0 Å². The van der Waals surface area contributed by atoms with Gasteiger partial charge in [-0.2, -0.15) is 0 Å². The van der Waals surface area contributed by atoms with Crippen LogP contribution in [-0.2, 0) is 9.59 Å². The number of anilines is 1. The van der Waals surface area contributed by atoms with E-state index in [1.807, 2.05) is 17.9 Å². The fourth-order valence-electron chi connectivity index (χ4n) is 2.51. The Morgan fingerprint density at radius 3 is 3.00 bits per heavy atom. The number of nitrogens with zero attached hydrogens (tertiary/aromatic N) is 1. The van der Waals surface area contributed by atoms with Crippen LogP contribution in [0.5, 0.6) is 0 Å². The molecule has 0 saturated carbocycles. The zero-order valence-electron chi connectivity index (χ0n) is 11.6. The average Bonchev–Trinajstić information content (AvgIpc) is 2.42. The maximum Gasteiger partial charge on any atom is 0.238 e. The topological polar surface area (TPSA) is 49.4 Å². The minimum absolute atomic E-state index is 0.0934. The van der Waals surface area contributed by atoms with Crippen molar-refractivity contribution in [2.75, 3.05) is 18.4 Å². The fraction of sp³-hybridized carbons (Fsp3) is 0.467. The molecule has 1 aliphatic heterocycles. The lowest BCUT2D eigenvalue weighted by Crippen LogP contribution is -2.44. The maximum absolute atomic E-state index is 12.1. The van der Waals surface area contributed by atoms with Crippen molar-refractivity contribution in [1.29, 1.82) is 0 Å². The SMILES string of the molecule is Cc1cc(Cl)ccc1NC(=O)CN1CCCCC1C=O. The standard InChI is InChI=1S/C15H19ClN2O2/c1-11-8-12(16)5-6-14(11)17-15(20)9-18-7-3-2-4-13(18)10-19/h5-6,8,10,13H,2-4,7,9H2,1H3,(H,17,20). The van der Waals surface area contributed by atoms with Crippen LogP contribution < -0.4 is 5.32 Å². The second kappa shape index (κ2) is 6.86. The van der Waals surface area contributed by atoms with Gasteiger partial charge in [0.05, 0.1) is 12.6 Å². The zero-order chi connectivity index (χ0) is 14.5. The van der Waals surface area contributed by atoms with Crippen LogP contribution >= 0.6 is 11.6 Å². The first-order chi connectivity index (χ1) is 9.60. The smallest absolute Gasteiger partial charge is 0.238 e. The molecule has 0 bridgehead atoms. The lowest BCUT2D eigenvalue weighted by molar-refractivity contribution is -0.120. The number of amides is 1. The Hall–Kier alpha value is -1.39. The van der Waals surface area contributed by atoms with E-state index in [1.54, 1.807) is 12.1 Å².